The second-order valence-electron chi connectivity index (χ2n) is 5.36. The van der Waals surface area contributed by atoms with Gasteiger partial charge in [-0.25, -0.2) is 0 Å². The molecule has 0 spiro atoms. The summed E-state index contributed by atoms with van der Waals surface area (Å²) >= 11 is 3.47. The van der Waals surface area contributed by atoms with Crippen LogP contribution in [0.25, 0.3) is 0 Å². The van der Waals surface area contributed by atoms with E-state index in [2.05, 4.69) is 36.8 Å². The molecule has 1 aliphatic rings. The second kappa shape index (κ2) is 6.87. The van der Waals surface area contributed by atoms with Crippen LogP contribution in [0.5, 0.6) is 0 Å². The molecule has 2 N–H and O–H groups in total. The molecule has 1 heterocycles. The molecule has 0 aliphatic heterocycles. The zero-order valence-corrected chi connectivity index (χ0v) is 13.6. The summed E-state index contributed by atoms with van der Waals surface area (Å²) in [4.78, 5) is 12.1. The normalized spacial score (nSPS) is 14.8. The Morgan fingerprint density at radius 2 is 1.86 bits per heavy atom. The van der Waals surface area contributed by atoms with E-state index in [-0.39, 0.29) is 11.9 Å². The van der Waals surface area contributed by atoms with Gasteiger partial charge in [0.2, 0.25) is 0 Å². The monoisotopic (exact) mass is 360 g/mol. The molecule has 1 saturated carbocycles. The van der Waals surface area contributed by atoms with Crippen molar-refractivity contribution in [2.45, 2.75) is 31.7 Å². The maximum absolute atomic E-state index is 12.1. The van der Waals surface area contributed by atoms with Gasteiger partial charge in [-0.15, -0.1) is 10.2 Å². The largest absolute Gasteiger partial charge is 0.348 e. The molecule has 0 unspecified atom stereocenters. The number of nitrogens with zero attached hydrogens (tertiary/aromatic N) is 2. The molecule has 5 nitrogen and oxygen atoms in total. The van der Waals surface area contributed by atoms with Crippen LogP contribution < -0.4 is 10.6 Å². The van der Waals surface area contributed by atoms with Crippen molar-refractivity contribution in [1.29, 1.82) is 0 Å². The summed E-state index contributed by atoms with van der Waals surface area (Å²) < 4.78 is 0.944. The quantitative estimate of drug-likeness (QED) is 0.872. The van der Waals surface area contributed by atoms with E-state index < -0.39 is 0 Å². The molecule has 1 amide bonds. The van der Waals surface area contributed by atoms with E-state index in [9.17, 15) is 4.79 Å². The number of benzene rings is 1. The Morgan fingerprint density at radius 3 is 2.55 bits per heavy atom. The lowest BCUT2D eigenvalue weighted by atomic mass is 10.2. The van der Waals surface area contributed by atoms with Crippen molar-refractivity contribution in [2.75, 3.05) is 5.32 Å². The fourth-order valence-corrected chi connectivity index (χ4v) is 2.93. The predicted molar refractivity (Wildman–Crippen MR) is 89.2 cm³/mol. The number of nitrogens with one attached hydrogen (secondary N) is 2. The van der Waals surface area contributed by atoms with Crippen LogP contribution in [0.1, 0.15) is 36.2 Å². The molecule has 0 saturated heterocycles. The van der Waals surface area contributed by atoms with E-state index in [0.717, 1.165) is 23.0 Å². The van der Waals surface area contributed by atoms with Crippen LogP contribution in [-0.4, -0.2) is 22.1 Å². The van der Waals surface area contributed by atoms with Crippen LogP contribution in [0.2, 0.25) is 0 Å². The van der Waals surface area contributed by atoms with Crippen LogP contribution in [0.4, 0.5) is 11.5 Å². The van der Waals surface area contributed by atoms with Gasteiger partial charge in [-0.2, -0.15) is 0 Å². The molecule has 2 aromatic rings. The molecule has 6 heteroatoms. The first-order valence-electron chi connectivity index (χ1n) is 7.38. The van der Waals surface area contributed by atoms with Gasteiger partial charge in [-0.05, 0) is 53.0 Å². The maximum Gasteiger partial charge on any atom is 0.272 e. The van der Waals surface area contributed by atoms with Crippen LogP contribution in [-0.2, 0) is 0 Å². The summed E-state index contributed by atoms with van der Waals surface area (Å²) in [5.74, 6) is 0.455. The molecule has 22 heavy (non-hydrogen) atoms. The van der Waals surface area contributed by atoms with E-state index in [1.54, 1.807) is 12.1 Å². The number of carbonyl (C=O) groups excluding carboxylic acids is 1. The van der Waals surface area contributed by atoms with E-state index in [1.807, 2.05) is 24.3 Å². The van der Waals surface area contributed by atoms with Gasteiger partial charge >= 0.3 is 0 Å². The Hall–Kier alpha value is -1.95. The molecule has 1 fully saturated rings. The predicted octanol–water partition coefficient (Wildman–Crippen LogP) is 3.66. The molecule has 0 bridgehead atoms. The second-order valence-corrected chi connectivity index (χ2v) is 6.22. The van der Waals surface area contributed by atoms with Crippen molar-refractivity contribution in [3.8, 4) is 0 Å². The van der Waals surface area contributed by atoms with Crippen molar-refractivity contribution in [2.24, 2.45) is 0 Å². The first-order valence-corrected chi connectivity index (χ1v) is 8.18. The number of para-hydroxylation sites is 1. The third kappa shape index (κ3) is 3.62. The van der Waals surface area contributed by atoms with Crippen molar-refractivity contribution in [1.82, 2.24) is 15.5 Å². The highest BCUT2D eigenvalue weighted by molar-refractivity contribution is 9.10. The fourth-order valence-electron chi connectivity index (χ4n) is 2.55. The lowest BCUT2D eigenvalue weighted by Gasteiger charge is -2.11. The molecule has 3 rings (SSSR count). The highest BCUT2D eigenvalue weighted by atomic mass is 79.9. The molecule has 1 aliphatic carbocycles. The highest BCUT2D eigenvalue weighted by Crippen LogP contribution is 2.24. The van der Waals surface area contributed by atoms with Gasteiger partial charge in [0.1, 0.15) is 0 Å². The van der Waals surface area contributed by atoms with Crippen molar-refractivity contribution < 1.29 is 4.79 Å². The minimum atomic E-state index is -0.146. The lowest BCUT2D eigenvalue weighted by Crippen LogP contribution is -2.33. The summed E-state index contributed by atoms with van der Waals surface area (Å²) in [5, 5.41) is 14.2. The number of carbonyl (C=O) groups is 1. The SMILES string of the molecule is O=C(NC1CCCC1)c1ccc(Nc2ccccc2Br)nn1. The van der Waals surface area contributed by atoms with E-state index >= 15 is 0 Å². The van der Waals surface area contributed by atoms with Crippen LogP contribution in [0.3, 0.4) is 0 Å². The zero-order chi connectivity index (χ0) is 15.4. The minimum absolute atomic E-state index is 0.146. The van der Waals surface area contributed by atoms with E-state index in [0.29, 0.717) is 11.5 Å². The number of rotatable bonds is 4. The zero-order valence-electron chi connectivity index (χ0n) is 12.1. The molecule has 114 valence electrons. The average Bonchev–Trinajstić information content (AvgIpc) is 3.03. The van der Waals surface area contributed by atoms with Crippen LogP contribution in [0.15, 0.2) is 40.9 Å². The minimum Gasteiger partial charge on any atom is -0.348 e. The number of aromatic nitrogens is 2. The van der Waals surface area contributed by atoms with Gasteiger partial charge < -0.3 is 10.6 Å². The first-order chi connectivity index (χ1) is 10.7. The number of hydrogen-bond acceptors (Lipinski definition) is 4. The third-order valence-corrected chi connectivity index (χ3v) is 4.42. The summed E-state index contributed by atoms with van der Waals surface area (Å²) in [6, 6.07) is 11.5. The van der Waals surface area contributed by atoms with Gasteiger partial charge in [0.25, 0.3) is 5.91 Å². The smallest absolute Gasteiger partial charge is 0.272 e. The molecular weight excluding hydrogens is 344 g/mol. The summed E-state index contributed by atoms with van der Waals surface area (Å²) in [7, 11) is 0. The standard InChI is InChI=1S/C16H17BrN4O/c17-12-7-3-4-8-13(12)19-15-10-9-14(20-21-15)16(22)18-11-5-1-2-6-11/h3-4,7-11H,1-2,5-6H2,(H,18,22)(H,19,21). The maximum atomic E-state index is 12.1. The molecule has 0 radical (unpaired) electrons. The summed E-state index contributed by atoms with van der Waals surface area (Å²) in [6.45, 7) is 0. The fraction of sp³-hybridized carbons (Fsp3) is 0.312. The van der Waals surface area contributed by atoms with Crippen molar-refractivity contribution in [3.63, 3.8) is 0 Å². The summed E-state index contributed by atoms with van der Waals surface area (Å²) in [5.41, 5.74) is 1.25. The summed E-state index contributed by atoms with van der Waals surface area (Å²) in [6.07, 6.45) is 4.48. The van der Waals surface area contributed by atoms with Gasteiger partial charge in [0.15, 0.2) is 11.5 Å². The Kier molecular flexibility index (Phi) is 4.68. The molecule has 1 aromatic heterocycles. The highest BCUT2D eigenvalue weighted by Gasteiger charge is 2.18. The Balaban J connectivity index is 1.64. The average molecular weight is 361 g/mol. The number of amides is 1. The molecular formula is C16H17BrN4O. The van der Waals surface area contributed by atoms with E-state index in [1.165, 1.54) is 12.8 Å². The van der Waals surface area contributed by atoms with Crippen LogP contribution in [0, 0.1) is 0 Å². The molecule has 1 aromatic carbocycles. The Labute approximate surface area is 137 Å². The van der Waals surface area contributed by atoms with Gasteiger partial charge in [0.05, 0.1) is 5.69 Å². The Bertz CT molecular complexity index is 653. The lowest BCUT2D eigenvalue weighted by molar-refractivity contribution is 0.0932. The third-order valence-electron chi connectivity index (χ3n) is 3.72. The van der Waals surface area contributed by atoms with Gasteiger partial charge in [0, 0.05) is 10.5 Å². The number of halogens is 1. The topological polar surface area (TPSA) is 66.9 Å². The van der Waals surface area contributed by atoms with Crippen molar-refractivity contribution in [3.05, 3.63) is 46.6 Å². The Morgan fingerprint density at radius 1 is 1.09 bits per heavy atom. The number of hydrogen-bond donors (Lipinski definition) is 2. The van der Waals surface area contributed by atoms with Gasteiger partial charge in [-0.1, -0.05) is 25.0 Å². The first kappa shape index (κ1) is 15.0. The number of anilines is 2. The molecule has 0 atom stereocenters. The van der Waals surface area contributed by atoms with Crippen LogP contribution >= 0.6 is 15.9 Å². The van der Waals surface area contributed by atoms with Crippen molar-refractivity contribution >= 4 is 33.3 Å². The van der Waals surface area contributed by atoms with Gasteiger partial charge in [-0.3, -0.25) is 4.79 Å². The van der Waals surface area contributed by atoms with E-state index in [4.69, 9.17) is 0 Å².